The van der Waals surface area contributed by atoms with Crippen LogP contribution in [0.5, 0.6) is 0 Å². The molecular weight excluding hydrogens is 247 g/mol. The van der Waals surface area contributed by atoms with Crippen molar-refractivity contribution in [3.63, 3.8) is 0 Å². The minimum Gasteiger partial charge on any atom is -0.389 e. The molecule has 1 atom stereocenters. The first kappa shape index (κ1) is 13.8. The number of anilines is 1. The van der Waals surface area contributed by atoms with Crippen molar-refractivity contribution in [2.24, 2.45) is 0 Å². The molecule has 1 aliphatic heterocycles. The van der Waals surface area contributed by atoms with Crippen molar-refractivity contribution in [3.8, 4) is 0 Å². The fraction of sp³-hybridized carbons (Fsp3) is 0.500. The standard InChI is InChI=1S/C14H19FN2O2/c1-9(18)10-4-5-12(11(15)8-10)17-7-6-16-13(19)14(17,2)3/h4-5,8-9,18H,6-7H2,1-3H3,(H,16,19). The largest absolute Gasteiger partial charge is 0.389 e. The Kier molecular flexibility index (Phi) is 3.49. The van der Waals surface area contributed by atoms with Gasteiger partial charge in [0, 0.05) is 13.1 Å². The molecule has 1 fully saturated rings. The zero-order valence-corrected chi connectivity index (χ0v) is 11.4. The van der Waals surface area contributed by atoms with Gasteiger partial charge in [0.05, 0.1) is 11.8 Å². The molecule has 0 bridgehead atoms. The minimum atomic E-state index is -0.786. The first-order valence-electron chi connectivity index (χ1n) is 6.37. The summed E-state index contributed by atoms with van der Waals surface area (Å²) in [5, 5.41) is 12.2. The van der Waals surface area contributed by atoms with Crippen molar-refractivity contribution >= 4 is 11.6 Å². The fourth-order valence-corrected chi connectivity index (χ4v) is 2.32. The monoisotopic (exact) mass is 266 g/mol. The third-order valence-corrected chi connectivity index (χ3v) is 3.60. The molecule has 19 heavy (non-hydrogen) atoms. The quantitative estimate of drug-likeness (QED) is 0.854. The average molecular weight is 266 g/mol. The molecule has 1 saturated heterocycles. The Morgan fingerprint density at radius 2 is 2.16 bits per heavy atom. The summed E-state index contributed by atoms with van der Waals surface area (Å²) in [6, 6.07) is 4.63. The van der Waals surface area contributed by atoms with Gasteiger partial charge in [-0.2, -0.15) is 0 Å². The fourth-order valence-electron chi connectivity index (χ4n) is 2.32. The molecule has 0 aliphatic carbocycles. The highest BCUT2D eigenvalue weighted by Gasteiger charge is 2.38. The van der Waals surface area contributed by atoms with E-state index in [1.54, 1.807) is 37.8 Å². The lowest BCUT2D eigenvalue weighted by atomic mass is 9.97. The average Bonchev–Trinajstić information content (AvgIpc) is 2.33. The number of piperazine rings is 1. The summed E-state index contributed by atoms with van der Waals surface area (Å²) in [4.78, 5) is 13.6. The molecule has 0 saturated carbocycles. The van der Waals surface area contributed by atoms with Gasteiger partial charge < -0.3 is 15.3 Å². The van der Waals surface area contributed by atoms with Gasteiger partial charge in [-0.25, -0.2) is 4.39 Å². The Bertz CT molecular complexity index is 500. The summed E-state index contributed by atoms with van der Waals surface area (Å²) in [6.07, 6.45) is -0.707. The van der Waals surface area contributed by atoms with Crippen LogP contribution < -0.4 is 10.2 Å². The topological polar surface area (TPSA) is 52.6 Å². The van der Waals surface area contributed by atoms with E-state index in [0.717, 1.165) is 0 Å². The van der Waals surface area contributed by atoms with E-state index in [1.807, 2.05) is 0 Å². The maximum absolute atomic E-state index is 14.2. The lowest BCUT2D eigenvalue weighted by Crippen LogP contribution is -2.62. The summed E-state index contributed by atoms with van der Waals surface area (Å²) in [5.74, 6) is -0.529. The summed E-state index contributed by atoms with van der Waals surface area (Å²) in [7, 11) is 0. The van der Waals surface area contributed by atoms with E-state index < -0.39 is 17.5 Å². The lowest BCUT2D eigenvalue weighted by Gasteiger charge is -2.43. The number of benzene rings is 1. The highest BCUT2D eigenvalue weighted by atomic mass is 19.1. The predicted molar refractivity (Wildman–Crippen MR) is 71.5 cm³/mol. The zero-order chi connectivity index (χ0) is 14.2. The van der Waals surface area contributed by atoms with Crippen LogP contribution in [0, 0.1) is 5.82 Å². The summed E-state index contributed by atoms with van der Waals surface area (Å²) >= 11 is 0. The molecule has 2 N–H and O–H groups in total. The normalized spacial score (nSPS) is 20.1. The molecule has 0 aromatic heterocycles. The maximum Gasteiger partial charge on any atom is 0.245 e. The van der Waals surface area contributed by atoms with Crippen LogP contribution in [-0.2, 0) is 4.79 Å². The molecule has 0 spiro atoms. The highest BCUT2D eigenvalue weighted by Crippen LogP contribution is 2.30. The van der Waals surface area contributed by atoms with Crippen molar-refractivity contribution in [1.29, 1.82) is 0 Å². The first-order valence-corrected chi connectivity index (χ1v) is 6.37. The number of hydrogen-bond donors (Lipinski definition) is 2. The number of halogens is 1. The van der Waals surface area contributed by atoms with Crippen molar-refractivity contribution < 1.29 is 14.3 Å². The van der Waals surface area contributed by atoms with Gasteiger partial charge in [-0.05, 0) is 38.5 Å². The Morgan fingerprint density at radius 3 is 2.74 bits per heavy atom. The van der Waals surface area contributed by atoms with Crippen molar-refractivity contribution in [2.75, 3.05) is 18.0 Å². The second-order valence-electron chi connectivity index (χ2n) is 5.35. The molecular formula is C14H19FN2O2. The molecule has 1 amide bonds. The number of hydrogen-bond acceptors (Lipinski definition) is 3. The highest BCUT2D eigenvalue weighted by molar-refractivity contribution is 5.90. The summed E-state index contributed by atoms with van der Waals surface area (Å²) in [5.41, 5.74) is 0.135. The Hall–Kier alpha value is -1.62. The zero-order valence-electron chi connectivity index (χ0n) is 11.4. The third-order valence-electron chi connectivity index (χ3n) is 3.60. The van der Waals surface area contributed by atoms with Crippen LogP contribution in [-0.4, -0.2) is 29.6 Å². The summed E-state index contributed by atoms with van der Waals surface area (Å²) < 4.78 is 14.2. The Morgan fingerprint density at radius 1 is 1.47 bits per heavy atom. The van der Waals surface area contributed by atoms with E-state index in [0.29, 0.717) is 24.3 Å². The van der Waals surface area contributed by atoms with E-state index in [9.17, 15) is 14.3 Å². The molecule has 1 aliphatic rings. The van der Waals surface area contributed by atoms with E-state index in [4.69, 9.17) is 0 Å². The molecule has 5 heteroatoms. The van der Waals surface area contributed by atoms with Gasteiger partial charge in [-0.1, -0.05) is 6.07 Å². The number of nitrogens with zero attached hydrogens (tertiary/aromatic N) is 1. The van der Waals surface area contributed by atoms with Crippen LogP contribution in [0.15, 0.2) is 18.2 Å². The number of rotatable bonds is 2. The van der Waals surface area contributed by atoms with Crippen LogP contribution in [0.25, 0.3) is 0 Å². The number of carbonyl (C=O) groups is 1. The molecule has 1 unspecified atom stereocenters. The predicted octanol–water partition coefficient (Wildman–Crippen LogP) is 1.59. The summed E-state index contributed by atoms with van der Waals surface area (Å²) in [6.45, 7) is 6.18. The molecule has 4 nitrogen and oxygen atoms in total. The van der Waals surface area contributed by atoms with E-state index in [-0.39, 0.29) is 5.91 Å². The van der Waals surface area contributed by atoms with Crippen LogP contribution in [0.4, 0.5) is 10.1 Å². The van der Waals surface area contributed by atoms with Gasteiger partial charge in [0.2, 0.25) is 5.91 Å². The van der Waals surface area contributed by atoms with Crippen LogP contribution in [0.3, 0.4) is 0 Å². The van der Waals surface area contributed by atoms with E-state index >= 15 is 0 Å². The van der Waals surface area contributed by atoms with Gasteiger partial charge in [0.25, 0.3) is 0 Å². The van der Waals surface area contributed by atoms with Crippen molar-refractivity contribution in [1.82, 2.24) is 5.32 Å². The Labute approximate surface area is 112 Å². The second kappa shape index (κ2) is 4.81. The third kappa shape index (κ3) is 2.42. The molecule has 104 valence electrons. The van der Waals surface area contributed by atoms with E-state index in [2.05, 4.69) is 5.32 Å². The van der Waals surface area contributed by atoms with E-state index in [1.165, 1.54) is 6.07 Å². The van der Waals surface area contributed by atoms with Crippen LogP contribution in [0.2, 0.25) is 0 Å². The molecule has 1 aromatic carbocycles. The van der Waals surface area contributed by atoms with Crippen LogP contribution >= 0.6 is 0 Å². The van der Waals surface area contributed by atoms with Gasteiger partial charge >= 0.3 is 0 Å². The SMILES string of the molecule is CC(O)c1ccc(N2CCNC(=O)C2(C)C)c(F)c1. The smallest absolute Gasteiger partial charge is 0.245 e. The lowest BCUT2D eigenvalue weighted by molar-refractivity contribution is -0.126. The van der Waals surface area contributed by atoms with Crippen molar-refractivity contribution in [3.05, 3.63) is 29.6 Å². The van der Waals surface area contributed by atoms with Crippen molar-refractivity contribution in [2.45, 2.75) is 32.4 Å². The number of amides is 1. The first-order chi connectivity index (χ1) is 8.84. The molecule has 1 aromatic rings. The molecule has 2 rings (SSSR count). The van der Waals surface area contributed by atoms with Gasteiger partial charge in [-0.15, -0.1) is 0 Å². The minimum absolute atomic E-state index is 0.113. The van der Waals surface area contributed by atoms with Crippen LogP contribution in [0.1, 0.15) is 32.4 Å². The number of aliphatic hydroxyl groups excluding tert-OH is 1. The molecule has 1 heterocycles. The second-order valence-corrected chi connectivity index (χ2v) is 5.35. The van der Waals surface area contributed by atoms with Gasteiger partial charge in [0.1, 0.15) is 11.4 Å². The number of nitrogens with one attached hydrogen (secondary N) is 1. The number of aliphatic hydroxyl groups is 1. The number of carbonyl (C=O) groups excluding carboxylic acids is 1. The molecule has 0 radical (unpaired) electrons. The van der Waals surface area contributed by atoms with Gasteiger partial charge in [0.15, 0.2) is 0 Å². The maximum atomic E-state index is 14.2. The Balaban J connectivity index is 2.38. The van der Waals surface area contributed by atoms with Gasteiger partial charge in [-0.3, -0.25) is 4.79 Å².